The van der Waals surface area contributed by atoms with Crippen molar-refractivity contribution in [3.8, 4) is 0 Å². The quantitative estimate of drug-likeness (QED) is 0.582. The largest absolute Gasteiger partial charge is 0.324 e. The molecule has 26 heavy (non-hydrogen) atoms. The van der Waals surface area contributed by atoms with Crippen LogP contribution in [0.3, 0.4) is 0 Å². The molecule has 0 aliphatic carbocycles. The lowest BCUT2D eigenvalue weighted by atomic mass is 10.1. The van der Waals surface area contributed by atoms with Gasteiger partial charge in [0.25, 0.3) is 5.69 Å². The molecule has 1 aliphatic heterocycles. The second kappa shape index (κ2) is 8.11. The summed E-state index contributed by atoms with van der Waals surface area (Å²) in [5.74, 6) is -0.247. The Morgan fingerprint density at radius 1 is 1.38 bits per heavy atom. The van der Waals surface area contributed by atoms with Crippen molar-refractivity contribution in [1.82, 2.24) is 9.21 Å². The number of nitro groups is 1. The highest BCUT2D eigenvalue weighted by Gasteiger charge is 2.27. The molecule has 1 aromatic rings. The number of hydrogen-bond acceptors (Lipinski definition) is 6. The Balaban J connectivity index is 1.90. The maximum Gasteiger partial charge on any atom is 0.271 e. The third-order valence-electron chi connectivity index (χ3n) is 4.67. The summed E-state index contributed by atoms with van der Waals surface area (Å²) < 4.78 is 24.6. The predicted octanol–water partition coefficient (Wildman–Crippen LogP) is 1.20. The number of likely N-dealkylation sites (tertiary alicyclic amines) is 1. The Kier molecular flexibility index (Phi) is 6.32. The molecule has 2 rings (SSSR count). The summed E-state index contributed by atoms with van der Waals surface area (Å²) in [5, 5.41) is 13.6. The predicted molar refractivity (Wildman–Crippen MR) is 98.5 cm³/mol. The molecule has 1 fully saturated rings. The van der Waals surface area contributed by atoms with Crippen molar-refractivity contribution in [2.75, 3.05) is 38.3 Å². The topological polar surface area (TPSA) is 113 Å². The van der Waals surface area contributed by atoms with Crippen LogP contribution < -0.4 is 5.32 Å². The van der Waals surface area contributed by atoms with Gasteiger partial charge in [0.05, 0.1) is 23.4 Å². The first kappa shape index (κ1) is 20.3. The van der Waals surface area contributed by atoms with E-state index in [0.29, 0.717) is 31.6 Å². The van der Waals surface area contributed by atoms with Crippen LogP contribution >= 0.6 is 0 Å². The van der Waals surface area contributed by atoms with Crippen molar-refractivity contribution in [2.24, 2.45) is 0 Å². The Labute approximate surface area is 153 Å². The molecular formula is C16H24N4O5S. The smallest absolute Gasteiger partial charge is 0.271 e. The number of anilines is 1. The number of amides is 1. The van der Waals surface area contributed by atoms with Gasteiger partial charge < -0.3 is 5.32 Å². The van der Waals surface area contributed by atoms with Crippen molar-refractivity contribution >= 4 is 27.3 Å². The van der Waals surface area contributed by atoms with Gasteiger partial charge in [0.2, 0.25) is 15.9 Å². The number of non-ortho nitro benzene ring substituents is 1. The molecule has 0 spiro atoms. The number of benzene rings is 1. The third-order valence-corrected chi connectivity index (χ3v) is 6.01. The van der Waals surface area contributed by atoms with Gasteiger partial charge in [-0.05, 0) is 25.3 Å². The van der Waals surface area contributed by atoms with Crippen LogP contribution in [0.1, 0.15) is 18.4 Å². The van der Waals surface area contributed by atoms with Crippen LogP contribution in [-0.4, -0.2) is 67.4 Å². The van der Waals surface area contributed by atoms with E-state index >= 15 is 0 Å². The van der Waals surface area contributed by atoms with Crippen molar-refractivity contribution in [3.05, 3.63) is 33.9 Å². The van der Waals surface area contributed by atoms with E-state index < -0.39 is 14.9 Å². The molecule has 0 aromatic heterocycles. The molecule has 1 N–H and O–H groups in total. The van der Waals surface area contributed by atoms with Gasteiger partial charge in [0.15, 0.2) is 0 Å². The molecule has 0 unspecified atom stereocenters. The number of nitrogens with zero attached hydrogens (tertiary/aromatic N) is 3. The molecule has 0 bridgehead atoms. The van der Waals surface area contributed by atoms with E-state index in [1.54, 1.807) is 20.0 Å². The first-order chi connectivity index (χ1) is 12.1. The summed E-state index contributed by atoms with van der Waals surface area (Å²) in [6, 6.07) is 4.29. The van der Waals surface area contributed by atoms with E-state index in [4.69, 9.17) is 0 Å². The van der Waals surface area contributed by atoms with Crippen LogP contribution in [0.4, 0.5) is 11.4 Å². The Morgan fingerprint density at radius 3 is 2.54 bits per heavy atom. The number of nitrogens with one attached hydrogen (secondary N) is 1. The molecule has 1 aliphatic rings. The maximum atomic E-state index is 12.3. The summed E-state index contributed by atoms with van der Waals surface area (Å²) in [6.07, 6.45) is 2.51. The number of rotatable bonds is 6. The van der Waals surface area contributed by atoms with Gasteiger partial charge in [-0.25, -0.2) is 12.7 Å². The third kappa shape index (κ3) is 5.23. The standard InChI is InChI=1S/C16H24N4O5S/c1-12-4-5-14(20(22)23)10-15(12)17-16(21)11-19-8-6-13(7-9-19)18(2)26(3,24)25/h4-5,10,13H,6-9,11H2,1-3H3,(H,17,21). The van der Waals surface area contributed by atoms with E-state index in [0.717, 1.165) is 5.56 Å². The number of aryl methyl sites for hydroxylation is 1. The Bertz CT molecular complexity index is 788. The molecule has 1 saturated heterocycles. The average Bonchev–Trinajstić information content (AvgIpc) is 2.55. The minimum Gasteiger partial charge on any atom is -0.324 e. The summed E-state index contributed by atoms with van der Waals surface area (Å²) >= 11 is 0. The average molecular weight is 384 g/mol. The molecule has 1 aromatic carbocycles. The number of nitro benzene ring substituents is 1. The van der Waals surface area contributed by atoms with Crippen LogP contribution in [0.15, 0.2) is 18.2 Å². The number of carbonyl (C=O) groups is 1. The molecular weight excluding hydrogens is 360 g/mol. The molecule has 1 heterocycles. The lowest BCUT2D eigenvalue weighted by molar-refractivity contribution is -0.384. The molecule has 0 atom stereocenters. The van der Waals surface area contributed by atoms with Gasteiger partial charge in [-0.15, -0.1) is 0 Å². The van der Waals surface area contributed by atoms with E-state index in [1.807, 2.05) is 4.90 Å². The number of carbonyl (C=O) groups excluding carboxylic acids is 1. The van der Waals surface area contributed by atoms with Crippen molar-refractivity contribution < 1.29 is 18.1 Å². The number of hydrogen-bond donors (Lipinski definition) is 1. The molecule has 9 nitrogen and oxygen atoms in total. The molecule has 1 amide bonds. The second-order valence-electron chi connectivity index (χ2n) is 6.59. The van der Waals surface area contributed by atoms with Gasteiger partial charge >= 0.3 is 0 Å². The van der Waals surface area contributed by atoms with E-state index in [-0.39, 0.29) is 24.2 Å². The zero-order chi connectivity index (χ0) is 19.5. The van der Waals surface area contributed by atoms with Crippen molar-refractivity contribution in [2.45, 2.75) is 25.8 Å². The van der Waals surface area contributed by atoms with E-state index in [2.05, 4.69) is 5.32 Å². The van der Waals surface area contributed by atoms with E-state index in [1.165, 1.54) is 22.7 Å². The van der Waals surface area contributed by atoms with Crippen LogP contribution in [0.25, 0.3) is 0 Å². The van der Waals surface area contributed by atoms with Crippen LogP contribution in [-0.2, 0) is 14.8 Å². The van der Waals surface area contributed by atoms with Gasteiger partial charge in [0.1, 0.15) is 0 Å². The lowest BCUT2D eigenvalue weighted by Crippen LogP contribution is -2.47. The van der Waals surface area contributed by atoms with Crippen molar-refractivity contribution in [1.29, 1.82) is 0 Å². The van der Waals surface area contributed by atoms with Gasteiger partial charge in [0, 0.05) is 38.3 Å². The molecule has 0 radical (unpaired) electrons. The molecule has 0 saturated carbocycles. The van der Waals surface area contributed by atoms with Gasteiger partial charge in [-0.2, -0.15) is 0 Å². The van der Waals surface area contributed by atoms with Crippen LogP contribution in [0, 0.1) is 17.0 Å². The van der Waals surface area contributed by atoms with Crippen LogP contribution in [0.5, 0.6) is 0 Å². The Hall–Kier alpha value is -2.04. The Morgan fingerprint density at radius 2 is 2.00 bits per heavy atom. The zero-order valence-corrected chi connectivity index (χ0v) is 16.0. The summed E-state index contributed by atoms with van der Waals surface area (Å²) in [7, 11) is -1.64. The summed E-state index contributed by atoms with van der Waals surface area (Å²) in [4.78, 5) is 24.6. The second-order valence-corrected chi connectivity index (χ2v) is 8.63. The summed E-state index contributed by atoms with van der Waals surface area (Å²) in [5.41, 5.74) is 1.10. The summed E-state index contributed by atoms with van der Waals surface area (Å²) in [6.45, 7) is 3.17. The maximum absolute atomic E-state index is 12.3. The normalized spacial score (nSPS) is 16.6. The fourth-order valence-corrected chi connectivity index (χ4v) is 3.72. The minimum absolute atomic E-state index is 0.0525. The first-order valence-corrected chi connectivity index (χ1v) is 10.1. The first-order valence-electron chi connectivity index (χ1n) is 8.28. The minimum atomic E-state index is -3.22. The fourth-order valence-electron chi connectivity index (χ4n) is 2.96. The molecule has 144 valence electrons. The monoisotopic (exact) mass is 384 g/mol. The SMILES string of the molecule is Cc1ccc([N+](=O)[O-])cc1NC(=O)CN1CCC(N(C)S(C)(=O)=O)CC1. The highest BCUT2D eigenvalue weighted by molar-refractivity contribution is 7.88. The van der Waals surface area contributed by atoms with Gasteiger partial charge in [-0.3, -0.25) is 19.8 Å². The highest BCUT2D eigenvalue weighted by atomic mass is 32.2. The zero-order valence-electron chi connectivity index (χ0n) is 15.1. The number of piperidine rings is 1. The van der Waals surface area contributed by atoms with Crippen LogP contribution in [0.2, 0.25) is 0 Å². The number of sulfonamides is 1. The van der Waals surface area contributed by atoms with E-state index in [9.17, 15) is 23.3 Å². The lowest BCUT2D eigenvalue weighted by Gasteiger charge is -2.35. The molecule has 10 heteroatoms. The fraction of sp³-hybridized carbons (Fsp3) is 0.562. The van der Waals surface area contributed by atoms with Gasteiger partial charge in [-0.1, -0.05) is 6.07 Å². The highest BCUT2D eigenvalue weighted by Crippen LogP contribution is 2.22. The van der Waals surface area contributed by atoms with Crippen molar-refractivity contribution in [3.63, 3.8) is 0 Å².